The lowest BCUT2D eigenvalue weighted by molar-refractivity contribution is -0.195. The number of carboxylic acid groups (broad SMARTS) is 1. The Labute approximate surface area is 202 Å². The topological polar surface area (TPSA) is 167 Å². The van der Waals surface area contributed by atoms with E-state index in [0.717, 1.165) is 0 Å². The van der Waals surface area contributed by atoms with Gasteiger partial charge in [0.1, 0.15) is 18.1 Å². The molecule has 3 atom stereocenters. The van der Waals surface area contributed by atoms with E-state index in [1.165, 1.54) is 18.2 Å². The molecule has 5 N–H and O–H groups in total. The molecule has 1 aliphatic heterocycles. The number of halogens is 1. The van der Waals surface area contributed by atoms with E-state index in [-0.39, 0.29) is 30.8 Å². The summed E-state index contributed by atoms with van der Waals surface area (Å²) in [4.78, 5) is 35.0. The van der Waals surface area contributed by atoms with Gasteiger partial charge < -0.3 is 40.2 Å². The maximum atomic E-state index is 13.2. The van der Waals surface area contributed by atoms with E-state index in [2.05, 4.69) is 10.1 Å². The van der Waals surface area contributed by atoms with Crippen molar-refractivity contribution in [1.29, 1.82) is 0 Å². The number of carboxylic acids is 1. The molecule has 1 fully saturated rings. The molecule has 0 spiro atoms. The quantitative estimate of drug-likeness (QED) is 0.261. The van der Waals surface area contributed by atoms with Gasteiger partial charge in [-0.1, -0.05) is 6.07 Å². The number of hydrogen-bond donors (Lipinski definition) is 4. The highest BCUT2D eigenvalue weighted by molar-refractivity contribution is 5.97. The van der Waals surface area contributed by atoms with Crippen LogP contribution in [-0.4, -0.2) is 64.7 Å². The van der Waals surface area contributed by atoms with Crippen LogP contribution in [0.3, 0.4) is 0 Å². The summed E-state index contributed by atoms with van der Waals surface area (Å²) in [6, 6.07) is 4.20. The second-order valence-corrected chi connectivity index (χ2v) is 9.53. The fourth-order valence-electron chi connectivity index (χ4n) is 3.33. The van der Waals surface area contributed by atoms with Gasteiger partial charge in [0.05, 0.1) is 18.3 Å². The first-order valence-electron chi connectivity index (χ1n) is 11.1. The Bertz CT molecular complexity index is 917. The van der Waals surface area contributed by atoms with Crippen LogP contribution >= 0.6 is 0 Å². The minimum absolute atomic E-state index is 0.0102. The van der Waals surface area contributed by atoms with Gasteiger partial charge in [0.15, 0.2) is 6.10 Å². The van der Waals surface area contributed by atoms with Gasteiger partial charge >= 0.3 is 12.2 Å². The third-order valence-corrected chi connectivity index (χ3v) is 5.09. The van der Waals surface area contributed by atoms with Crippen molar-refractivity contribution in [3.63, 3.8) is 0 Å². The van der Waals surface area contributed by atoms with Crippen LogP contribution in [0.5, 0.6) is 5.75 Å². The summed E-state index contributed by atoms with van der Waals surface area (Å²) in [6.07, 6.45) is -5.02. The molecule has 1 amide bonds. The number of nitrogens with two attached hydrogens (primary N) is 1. The molecule has 3 unspecified atom stereocenters. The Hall–Kier alpha value is -2.80. The zero-order valence-electron chi connectivity index (χ0n) is 20.2. The van der Waals surface area contributed by atoms with Crippen LogP contribution in [-0.2, 0) is 25.6 Å². The van der Waals surface area contributed by atoms with Crippen molar-refractivity contribution in [3.8, 4) is 5.75 Å². The fourth-order valence-corrected chi connectivity index (χ4v) is 3.33. The SMILES string of the molecule is CC(C)(CCOC(C)(C)N)NC(=O)c1cc(COC(=O)F)ccc1OC1CC(O)CC(C(=O)O)O1. The number of hydrogen-bond acceptors (Lipinski definition) is 9. The van der Waals surface area contributed by atoms with Gasteiger partial charge in [0, 0.05) is 18.4 Å². The summed E-state index contributed by atoms with van der Waals surface area (Å²) in [7, 11) is 0. The van der Waals surface area contributed by atoms with Crippen molar-refractivity contribution in [1.82, 2.24) is 5.32 Å². The average molecular weight is 501 g/mol. The van der Waals surface area contributed by atoms with Crippen molar-refractivity contribution in [3.05, 3.63) is 29.3 Å². The normalized spacial score (nSPS) is 20.7. The third-order valence-electron chi connectivity index (χ3n) is 5.09. The van der Waals surface area contributed by atoms with Gasteiger partial charge in [-0.2, -0.15) is 0 Å². The number of rotatable bonds is 11. The molecule has 35 heavy (non-hydrogen) atoms. The average Bonchev–Trinajstić information content (AvgIpc) is 2.70. The molecule has 0 radical (unpaired) electrons. The Morgan fingerprint density at radius 3 is 2.51 bits per heavy atom. The summed E-state index contributed by atoms with van der Waals surface area (Å²) in [5.41, 5.74) is 4.58. The second-order valence-electron chi connectivity index (χ2n) is 9.53. The Kier molecular flexibility index (Phi) is 9.55. The number of ether oxygens (including phenoxy) is 4. The van der Waals surface area contributed by atoms with Crippen molar-refractivity contribution < 1.29 is 47.9 Å². The number of carbonyl (C=O) groups excluding carboxylic acids is 2. The number of carbonyl (C=O) groups is 3. The van der Waals surface area contributed by atoms with Crippen molar-refractivity contribution in [2.75, 3.05) is 6.61 Å². The molecule has 11 nitrogen and oxygen atoms in total. The number of aliphatic carboxylic acids is 1. The largest absolute Gasteiger partial charge is 0.495 e. The predicted octanol–water partition coefficient (Wildman–Crippen LogP) is 2.23. The lowest BCUT2D eigenvalue weighted by Crippen LogP contribution is -2.46. The van der Waals surface area contributed by atoms with Gasteiger partial charge in [-0.25, -0.2) is 9.59 Å². The number of benzene rings is 1. The van der Waals surface area contributed by atoms with Crippen LogP contribution < -0.4 is 15.8 Å². The first kappa shape index (κ1) is 28.4. The highest BCUT2D eigenvalue weighted by Crippen LogP contribution is 2.28. The molecule has 0 bridgehead atoms. The molecular weight excluding hydrogens is 467 g/mol. The van der Waals surface area contributed by atoms with Crippen LogP contribution in [0.2, 0.25) is 0 Å². The van der Waals surface area contributed by atoms with Crippen molar-refractivity contribution in [2.24, 2.45) is 5.73 Å². The fraction of sp³-hybridized carbons (Fsp3) is 0.609. The molecule has 0 saturated carbocycles. The van der Waals surface area contributed by atoms with E-state index in [9.17, 15) is 29.0 Å². The maximum absolute atomic E-state index is 13.2. The van der Waals surface area contributed by atoms with Gasteiger partial charge in [0.25, 0.3) is 5.91 Å². The van der Waals surface area contributed by atoms with Crippen LogP contribution in [0.15, 0.2) is 18.2 Å². The number of nitrogens with one attached hydrogen (secondary N) is 1. The third kappa shape index (κ3) is 9.76. The zero-order chi connectivity index (χ0) is 26.4. The van der Waals surface area contributed by atoms with Gasteiger partial charge in [-0.05, 0) is 51.8 Å². The highest BCUT2D eigenvalue weighted by atomic mass is 19.1. The summed E-state index contributed by atoms with van der Waals surface area (Å²) in [5, 5.41) is 22.1. The summed E-state index contributed by atoms with van der Waals surface area (Å²) in [5.74, 6) is -1.77. The predicted molar refractivity (Wildman–Crippen MR) is 120 cm³/mol. The van der Waals surface area contributed by atoms with Crippen LogP contribution in [0, 0.1) is 0 Å². The van der Waals surface area contributed by atoms with Gasteiger partial charge in [-0.15, -0.1) is 4.39 Å². The van der Waals surface area contributed by atoms with E-state index < -0.39 is 54.5 Å². The molecule has 1 aromatic carbocycles. The molecule has 2 rings (SSSR count). The second kappa shape index (κ2) is 11.8. The van der Waals surface area contributed by atoms with Gasteiger partial charge in [0.2, 0.25) is 6.29 Å². The number of aliphatic hydroxyl groups excluding tert-OH is 1. The molecule has 1 aromatic rings. The first-order valence-corrected chi connectivity index (χ1v) is 11.1. The highest BCUT2D eigenvalue weighted by Gasteiger charge is 2.35. The molecule has 1 aliphatic rings. The minimum atomic E-state index is -1.97. The molecule has 0 aromatic heterocycles. The van der Waals surface area contributed by atoms with Crippen LogP contribution in [0.1, 0.15) is 62.9 Å². The molecule has 1 saturated heterocycles. The number of aliphatic hydroxyl groups is 1. The molecule has 0 aliphatic carbocycles. The Balaban J connectivity index is 2.23. The smallest absolute Gasteiger partial charge is 0.479 e. The summed E-state index contributed by atoms with van der Waals surface area (Å²) >= 11 is 0. The van der Waals surface area contributed by atoms with E-state index in [1.807, 2.05) is 0 Å². The minimum Gasteiger partial charge on any atom is -0.479 e. The molecule has 12 heteroatoms. The van der Waals surface area contributed by atoms with Crippen molar-refractivity contribution in [2.45, 2.75) is 83.3 Å². The summed E-state index contributed by atoms with van der Waals surface area (Å²) < 4.78 is 33.5. The molecule has 1 heterocycles. The van der Waals surface area contributed by atoms with E-state index in [1.54, 1.807) is 27.7 Å². The zero-order valence-corrected chi connectivity index (χ0v) is 20.2. The molecule has 196 valence electrons. The van der Waals surface area contributed by atoms with E-state index in [0.29, 0.717) is 12.0 Å². The molecular formula is C23H33FN2O9. The monoisotopic (exact) mass is 500 g/mol. The first-order chi connectivity index (χ1) is 16.1. The van der Waals surface area contributed by atoms with Gasteiger partial charge in [-0.3, -0.25) is 4.79 Å². The number of amides is 1. The van der Waals surface area contributed by atoms with E-state index in [4.69, 9.17) is 19.9 Å². The standard InChI is InChI=1S/C23H33FN2O9/c1-22(2,7-8-33-23(3,4)25)26-19(28)15-9-13(12-32-21(24)31)5-6-16(15)34-18-11-14(27)10-17(35-18)20(29)30/h5-6,9,14,17-18,27H,7-8,10-12,25H2,1-4H3,(H,26,28)(H,29,30). The van der Waals surface area contributed by atoms with Crippen LogP contribution in [0.25, 0.3) is 0 Å². The van der Waals surface area contributed by atoms with E-state index >= 15 is 0 Å². The lowest BCUT2D eigenvalue weighted by atomic mass is 9.99. The lowest BCUT2D eigenvalue weighted by Gasteiger charge is -2.32. The summed E-state index contributed by atoms with van der Waals surface area (Å²) in [6.45, 7) is 6.83. The Morgan fingerprint density at radius 2 is 1.91 bits per heavy atom. The Morgan fingerprint density at radius 1 is 1.23 bits per heavy atom. The van der Waals surface area contributed by atoms with Crippen LogP contribution in [0.4, 0.5) is 9.18 Å². The van der Waals surface area contributed by atoms with Crippen molar-refractivity contribution >= 4 is 18.1 Å². The maximum Gasteiger partial charge on any atom is 0.495 e.